The Balaban J connectivity index is 2.26. The number of hydrogen-bond acceptors (Lipinski definition) is 3. The van der Waals surface area contributed by atoms with Gasteiger partial charge in [-0.2, -0.15) is 0 Å². The molecule has 1 aromatic carbocycles. The Hall–Kier alpha value is -2.74. The molecule has 0 atom stereocenters. The Labute approximate surface area is 116 Å². The number of hydrogen-bond donors (Lipinski definition) is 1. The molecule has 2 aromatic rings. The summed E-state index contributed by atoms with van der Waals surface area (Å²) in [5.74, 6) is 2.55. The molecule has 0 aliphatic rings. The molecule has 0 unspecified atom stereocenters. The van der Waals surface area contributed by atoms with Crippen LogP contribution in [-0.4, -0.2) is 9.13 Å². The van der Waals surface area contributed by atoms with Gasteiger partial charge in [-0.3, -0.25) is 9.36 Å². The van der Waals surface area contributed by atoms with E-state index in [1.165, 1.54) is 11.6 Å². The van der Waals surface area contributed by atoms with Gasteiger partial charge in [0.15, 0.2) is 0 Å². The van der Waals surface area contributed by atoms with E-state index in [1.807, 2.05) is 24.3 Å². The van der Waals surface area contributed by atoms with Crippen molar-refractivity contribution in [2.75, 3.05) is 5.32 Å². The minimum atomic E-state index is -0.340. The van der Waals surface area contributed by atoms with E-state index in [2.05, 4.69) is 11.2 Å². The first-order valence-electron chi connectivity index (χ1n) is 6.09. The number of nitrogens with zero attached hydrogens (tertiary/aromatic N) is 2. The van der Waals surface area contributed by atoms with Crippen LogP contribution in [0.3, 0.4) is 0 Å². The van der Waals surface area contributed by atoms with E-state index in [-0.39, 0.29) is 11.2 Å². The van der Waals surface area contributed by atoms with Gasteiger partial charge in [-0.25, -0.2) is 4.79 Å². The molecule has 0 amide bonds. The average Bonchev–Trinajstić information content (AvgIpc) is 2.47. The summed E-state index contributed by atoms with van der Waals surface area (Å²) in [6.07, 6.45) is 6.88. The lowest BCUT2D eigenvalue weighted by atomic mass is 10.2. The van der Waals surface area contributed by atoms with Gasteiger partial charge in [-0.15, -0.1) is 6.42 Å². The summed E-state index contributed by atoms with van der Waals surface area (Å²) in [7, 11) is 3.08. The Morgan fingerprint density at radius 1 is 1.30 bits per heavy atom. The third kappa shape index (κ3) is 2.64. The molecule has 20 heavy (non-hydrogen) atoms. The molecule has 1 heterocycles. The fraction of sp³-hybridized carbons (Fsp3) is 0.200. The first kappa shape index (κ1) is 13.7. The Morgan fingerprint density at radius 2 is 2.05 bits per heavy atom. The number of aryl methyl sites for hydroxylation is 1. The predicted molar refractivity (Wildman–Crippen MR) is 78.6 cm³/mol. The fourth-order valence-electron chi connectivity index (χ4n) is 1.92. The largest absolute Gasteiger partial charge is 0.381 e. The van der Waals surface area contributed by atoms with E-state index in [1.54, 1.807) is 13.2 Å². The fourth-order valence-corrected chi connectivity index (χ4v) is 1.92. The highest BCUT2D eigenvalue weighted by atomic mass is 16.2. The number of anilines is 1. The monoisotopic (exact) mass is 269 g/mol. The van der Waals surface area contributed by atoms with Gasteiger partial charge in [0.25, 0.3) is 5.56 Å². The van der Waals surface area contributed by atoms with Crippen molar-refractivity contribution >= 4 is 5.69 Å². The van der Waals surface area contributed by atoms with Crippen molar-refractivity contribution in [3.63, 3.8) is 0 Å². The number of benzene rings is 1. The van der Waals surface area contributed by atoms with Crippen molar-refractivity contribution in [3.8, 4) is 12.3 Å². The standard InChI is InChI=1S/C15H15N3O2/c1-4-11-6-5-7-13(8-11)16-9-12-10-17(2)15(20)18(3)14(12)19/h1,5-8,10,16H,9H2,2-3H3. The molecule has 2 rings (SSSR count). The van der Waals surface area contributed by atoms with Crippen LogP contribution in [0, 0.1) is 12.3 Å². The topological polar surface area (TPSA) is 56.0 Å². The molecule has 0 aliphatic heterocycles. The summed E-state index contributed by atoms with van der Waals surface area (Å²) in [6.45, 7) is 0.328. The molecule has 0 fully saturated rings. The highest BCUT2D eigenvalue weighted by Crippen LogP contribution is 2.10. The van der Waals surface area contributed by atoms with Crippen LogP contribution in [0.4, 0.5) is 5.69 Å². The third-order valence-corrected chi connectivity index (χ3v) is 3.03. The average molecular weight is 269 g/mol. The second-order valence-electron chi connectivity index (χ2n) is 4.49. The molecule has 5 nitrogen and oxygen atoms in total. The Bertz CT molecular complexity index is 794. The molecular formula is C15H15N3O2. The minimum absolute atomic E-state index is 0.297. The van der Waals surface area contributed by atoms with Gasteiger partial charge in [0.1, 0.15) is 0 Å². The number of terminal acetylenes is 1. The van der Waals surface area contributed by atoms with Crippen LogP contribution in [0.15, 0.2) is 40.1 Å². The second kappa shape index (κ2) is 5.49. The zero-order chi connectivity index (χ0) is 14.7. The van der Waals surface area contributed by atoms with E-state index in [0.29, 0.717) is 12.1 Å². The third-order valence-electron chi connectivity index (χ3n) is 3.03. The minimum Gasteiger partial charge on any atom is -0.381 e. The highest BCUT2D eigenvalue weighted by Gasteiger charge is 2.06. The molecule has 1 aromatic heterocycles. The molecule has 5 heteroatoms. The molecule has 1 N–H and O–H groups in total. The lowest BCUT2D eigenvalue weighted by Gasteiger charge is -2.09. The van der Waals surface area contributed by atoms with Crippen LogP contribution in [-0.2, 0) is 20.6 Å². The zero-order valence-electron chi connectivity index (χ0n) is 11.4. The lowest BCUT2D eigenvalue weighted by molar-refractivity contribution is 0.671. The Morgan fingerprint density at radius 3 is 2.75 bits per heavy atom. The van der Waals surface area contributed by atoms with Crippen molar-refractivity contribution in [1.82, 2.24) is 9.13 Å². The van der Waals surface area contributed by atoms with E-state index in [4.69, 9.17) is 6.42 Å². The van der Waals surface area contributed by atoms with Crippen LogP contribution in [0.25, 0.3) is 0 Å². The van der Waals surface area contributed by atoms with E-state index >= 15 is 0 Å². The van der Waals surface area contributed by atoms with Gasteiger partial charge in [-0.1, -0.05) is 12.0 Å². The number of nitrogens with one attached hydrogen (secondary N) is 1. The zero-order valence-corrected chi connectivity index (χ0v) is 11.4. The molecule has 0 spiro atoms. The Kier molecular flexibility index (Phi) is 3.76. The van der Waals surface area contributed by atoms with Crippen molar-refractivity contribution in [2.24, 2.45) is 14.1 Å². The normalized spacial score (nSPS) is 10.1. The smallest absolute Gasteiger partial charge is 0.330 e. The number of aromatic nitrogens is 2. The van der Waals surface area contributed by atoms with Gasteiger partial charge < -0.3 is 9.88 Å². The molecule has 0 bridgehead atoms. The maximum absolute atomic E-state index is 12.0. The van der Waals surface area contributed by atoms with E-state index in [0.717, 1.165) is 15.8 Å². The molecule has 0 radical (unpaired) electrons. The maximum Gasteiger partial charge on any atom is 0.330 e. The summed E-state index contributed by atoms with van der Waals surface area (Å²) < 4.78 is 2.48. The summed E-state index contributed by atoms with van der Waals surface area (Å²) in [5.41, 5.74) is 1.47. The molecular weight excluding hydrogens is 254 g/mol. The van der Waals surface area contributed by atoms with Crippen LogP contribution < -0.4 is 16.6 Å². The van der Waals surface area contributed by atoms with Crippen LogP contribution >= 0.6 is 0 Å². The lowest BCUT2D eigenvalue weighted by Crippen LogP contribution is -2.38. The van der Waals surface area contributed by atoms with E-state index in [9.17, 15) is 9.59 Å². The van der Waals surface area contributed by atoms with Gasteiger partial charge in [-0.05, 0) is 18.2 Å². The van der Waals surface area contributed by atoms with Crippen LogP contribution in [0.5, 0.6) is 0 Å². The second-order valence-corrected chi connectivity index (χ2v) is 4.49. The first-order valence-corrected chi connectivity index (χ1v) is 6.09. The highest BCUT2D eigenvalue weighted by molar-refractivity contribution is 5.50. The summed E-state index contributed by atoms with van der Waals surface area (Å²) in [4.78, 5) is 23.5. The van der Waals surface area contributed by atoms with Crippen LogP contribution in [0.2, 0.25) is 0 Å². The van der Waals surface area contributed by atoms with E-state index < -0.39 is 0 Å². The predicted octanol–water partition coefficient (Wildman–Crippen LogP) is 0.677. The summed E-state index contributed by atoms with van der Waals surface area (Å²) in [5, 5.41) is 3.13. The molecule has 0 aliphatic carbocycles. The first-order chi connectivity index (χ1) is 9.52. The SMILES string of the molecule is C#Cc1cccc(NCc2cn(C)c(=O)n(C)c2=O)c1. The van der Waals surface area contributed by atoms with Crippen LogP contribution in [0.1, 0.15) is 11.1 Å². The van der Waals surface area contributed by atoms with Crippen molar-refractivity contribution < 1.29 is 0 Å². The van der Waals surface area contributed by atoms with Crippen molar-refractivity contribution in [3.05, 3.63) is 62.4 Å². The molecule has 102 valence electrons. The maximum atomic E-state index is 12.0. The van der Waals surface area contributed by atoms with Gasteiger partial charge in [0.05, 0.1) is 5.56 Å². The van der Waals surface area contributed by atoms with Gasteiger partial charge in [0, 0.05) is 38.1 Å². The molecule has 0 saturated heterocycles. The van der Waals surface area contributed by atoms with Gasteiger partial charge >= 0.3 is 5.69 Å². The van der Waals surface area contributed by atoms with Crippen molar-refractivity contribution in [1.29, 1.82) is 0 Å². The van der Waals surface area contributed by atoms with Gasteiger partial charge in [0.2, 0.25) is 0 Å². The van der Waals surface area contributed by atoms with Crippen molar-refractivity contribution in [2.45, 2.75) is 6.54 Å². The quantitative estimate of drug-likeness (QED) is 0.834. The molecule has 0 saturated carbocycles. The summed E-state index contributed by atoms with van der Waals surface area (Å²) >= 11 is 0. The summed E-state index contributed by atoms with van der Waals surface area (Å²) in [6, 6.07) is 7.37. The number of rotatable bonds is 3.